The van der Waals surface area contributed by atoms with Gasteiger partial charge in [0.1, 0.15) is 11.6 Å². The summed E-state index contributed by atoms with van der Waals surface area (Å²) in [5.41, 5.74) is 2.80. The minimum absolute atomic E-state index is 0.115. The van der Waals surface area contributed by atoms with E-state index in [1.807, 2.05) is 29.6 Å². The van der Waals surface area contributed by atoms with Crippen molar-refractivity contribution in [2.24, 2.45) is 5.92 Å². The molecular weight excluding hydrogens is 392 g/mol. The molecule has 8 nitrogen and oxygen atoms in total. The summed E-state index contributed by atoms with van der Waals surface area (Å²) in [5, 5.41) is 3.97. The molecule has 0 bridgehead atoms. The van der Waals surface area contributed by atoms with Gasteiger partial charge in [-0.25, -0.2) is 9.97 Å². The molecule has 1 saturated heterocycles. The molecule has 1 aliphatic rings. The Kier molecular flexibility index (Phi) is 4.50. The van der Waals surface area contributed by atoms with Crippen LogP contribution in [-0.4, -0.2) is 48.4 Å². The summed E-state index contributed by atoms with van der Waals surface area (Å²) in [6.45, 7) is 3.65. The average Bonchev–Trinajstić information content (AvgIpc) is 3.45. The summed E-state index contributed by atoms with van der Waals surface area (Å²) in [5.74, 6) is 2.32. The SMILES string of the molecule is CC1CCN(C(=O)CCc2cc(Cl)no2)CC1c1ncc2cnc3[nH]ccc3n12. The van der Waals surface area contributed by atoms with E-state index in [-0.39, 0.29) is 11.8 Å². The highest BCUT2D eigenvalue weighted by molar-refractivity contribution is 6.29. The molecule has 9 heteroatoms. The summed E-state index contributed by atoms with van der Waals surface area (Å²) in [7, 11) is 0. The molecule has 2 unspecified atom stereocenters. The first-order valence-electron chi connectivity index (χ1n) is 9.78. The minimum atomic E-state index is 0.115. The molecule has 1 amide bonds. The quantitative estimate of drug-likeness (QED) is 0.554. The van der Waals surface area contributed by atoms with Gasteiger partial charge in [-0.3, -0.25) is 9.20 Å². The van der Waals surface area contributed by atoms with Crippen LogP contribution in [0.3, 0.4) is 0 Å². The van der Waals surface area contributed by atoms with Crippen molar-refractivity contribution in [3.05, 3.63) is 47.5 Å². The number of carbonyl (C=O) groups is 1. The molecule has 1 aliphatic heterocycles. The van der Waals surface area contributed by atoms with Crippen LogP contribution in [0.15, 0.2) is 35.2 Å². The number of carbonyl (C=O) groups excluding carboxylic acids is 1. The lowest BCUT2D eigenvalue weighted by atomic mass is 9.86. The number of amides is 1. The van der Waals surface area contributed by atoms with E-state index in [0.717, 1.165) is 35.5 Å². The fourth-order valence-electron chi connectivity index (χ4n) is 4.19. The molecule has 150 valence electrons. The normalized spacial score (nSPS) is 20.0. The van der Waals surface area contributed by atoms with Gasteiger partial charge in [-0.2, -0.15) is 0 Å². The third-order valence-corrected chi connectivity index (χ3v) is 6.02. The van der Waals surface area contributed by atoms with Gasteiger partial charge in [-0.1, -0.05) is 23.7 Å². The predicted octanol–water partition coefficient (Wildman–Crippen LogP) is 3.44. The number of hydrogen-bond acceptors (Lipinski definition) is 5. The third kappa shape index (κ3) is 3.27. The second-order valence-corrected chi connectivity index (χ2v) is 8.06. The topological polar surface area (TPSA) is 92.3 Å². The molecule has 0 spiro atoms. The predicted molar refractivity (Wildman–Crippen MR) is 108 cm³/mol. The number of nitrogens with one attached hydrogen (secondary N) is 1. The molecule has 0 saturated carbocycles. The number of aromatic nitrogens is 5. The zero-order valence-electron chi connectivity index (χ0n) is 16.0. The number of fused-ring (bicyclic) bond motifs is 3. The number of piperidine rings is 1. The van der Waals surface area contributed by atoms with Crippen LogP contribution >= 0.6 is 11.6 Å². The maximum Gasteiger partial charge on any atom is 0.223 e. The number of aromatic amines is 1. The first kappa shape index (κ1) is 18.2. The van der Waals surface area contributed by atoms with Gasteiger partial charge < -0.3 is 14.4 Å². The minimum Gasteiger partial charge on any atom is -0.360 e. The van der Waals surface area contributed by atoms with E-state index in [2.05, 4.69) is 26.4 Å². The summed E-state index contributed by atoms with van der Waals surface area (Å²) in [6.07, 6.45) is 7.39. The Balaban J connectivity index is 1.38. The molecule has 1 fully saturated rings. The van der Waals surface area contributed by atoms with Gasteiger partial charge >= 0.3 is 0 Å². The molecule has 0 aliphatic carbocycles. The van der Waals surface area contributed by atoms with Crippen LogP contribution in [0.2, 0.25) is 5.15 Å². The Morgan fingerprint density at radius 2 is 2.24 bits per heavy atom. The van der Waals surface area contributed by atoms with Crippen LogP contribution in [0.1, 0.15) is 37.3 Å². The number of likely N-dealkylation sites (tertiary alicyclic amines) is 1. The molecule has 5 rings (SSSR count). The first-order chi connectivity index (χ1) is 14.1. The van der Waals surface area contributed by atoms with Crippen molar-refractivity contribution in [3.8, 4) is 0 Å². The maximum atomic E-state index is 12.8. The average molecular weight is 413 g/mol. The van der Waals surface area contributed by atoms with E-state index < -0.39 is 0 Å². The van der Waals surface area contributed by atoms with Crippen LogP contribution in [0.25, 0.3) is 16.7 Å². The molecule has 0 radical (unpaired) electrons. The zero-order valence-corrected chi connectivity index (χ0v) is 16.8. The lowest BCUT2D eigenvalue weighted by Gasteiger charge is -2.36. The molecule has 1 N–H and O–H groups in total. The van der Waals surface area contributed by atoms with E-state index >= 15 is 0 Å². The number of aryl methyl sites for hydroxylation is 1. The van der Waals surface area contributed by atoms with Gasteiger partial charge in [0.15, 0.2) is 10.8 Å². The Labute approximate surface area is 171 Å². The largest absolute Gasteiger partial charge is 0.360 e. The van der Waals surface area contributed by atoms with Crippen LogP contribution in [0, 0.1) is 5.92 Å². The van der Waals surface area contributed by atoms with Crippen LogP contribution in [0.5, 0.6) is 0 Å². The van der Waals surface area contributed by atoms with Crippen molar-refractivity contribution < 1.29 is 9.32 Å². The zero-order chi connectivity index (χ0) is 20.0. The van der Waals surface area contributed by atoms with Crippen LogP contribution in [-0.2, 0) is 11.2 Å². The molecule has 2 atom stereocenters. The molecular formula is C20H21ClN6O2. The molecule has 0 aromatic carbocycles. The van der Waals surface area contributed by atoms with Gasteiger partial charge in [-0.05, 0) is 18.4 Å². The van der Waals surface area contributed by atoms with Crippen LogP contribution < -0.4 is 0 Å². The Bertz CT molecular complexity index is 1180. The van der Waals surface area contributed by atoms with Crippen molar-refractivity contribution >= 4 is 34.2 Å². The van der Waals surface area contributed by atoms with E-state index in [4.69, 9.17) is 21.1 Å². The monoisotopic (exact) mass is 412 g/mol. The number of halogens is 1. The number of rotatable bonds is 4. The molecule has 5 heterocycles. The highest BCUT2D eigenvalue weighted by atomic mass is 35.5. The van der Waals surface area contributed by atoms with Gasteiger partial charge in [0.2, 0.25) is 5.91 Å². The summed E-state index contributed by atoms with van der Waals surface area (Å²) in [6, 6.07) is 3.67. The number of H-pyrrole nitrogens is 1. The Morgan fingerprint density at radius 1 is 1.38 bits per heavy atom. The standard InChI is InChI=1S/C20H21ClN6O2/c1-12-5-7-26(18(28)3-2-14-8-17(21)25-29-14)11-15(12)20-24-10-13-9-23-19-16(27(13)20)4-6-22-19/h4,6,8-10,12,15,22H,2-3,5,7,11H2,1H3. The number of nitrogens with zero attached hydrogens (tertiary/aromatic N) is 5. The van der Waals surface area contributed by atoms with Gasteiger partial charge in [0.05, 0.1) is 23.4 Å². The van der Waals surface area contributed by atoms with Gasteiger partial charge in [0.25, 0.3) is 0 Å². The fraction of sp³-hybridized carbons (Fsp3) is 0.400. The maximum absolute atomic E-state index is 12.8. The summed E-state index contributed by atoms with van der Waals surface area (Å²) in [4.78, 5) is 27.1. The van der Waals surface area contributed by atoms with E-state index in [1.165, 1.54) is 0 Å². The van der Waals surface area contributed by atoms with Crippen molar-refractivity contribution in [3.63, 3.8) is 0 Å². The molecule has 4 aromatic rings. The van der Waals surface area contributed by atoms with E-state index in [9.17, 15) is 4.79 Å². The van der Waals surface area contributed by atoms with E-state index in [1.54, 1.807) is 6.07 Å². The lowest BCUT2D eigenvalue weighted by molar-refractivity contribution is -0.133. The number of hydrogen-bond donors (Lipinski definition) is 1. The highest BCUT2D eigenvalue weighted by Crippen LogP contribution is 2.33. The molecule has 29 heavy (non-hydrogen) atoms. The van der Waals surface area contributed by atoms with Crippen molar-refractivity contribution in [1.29, 1.82) is 0 Å². The first-order valence-corrected chi connectivity index (χ1v) is 10.2. The summed E-state index contributed by atoms with van der Waals surface area (Å²) >= 11 is 5.78. The lowest BCUT2D eigenvalue weighted by Crippen LogP contribution is -2.42. The van der Waals surface area contributed by atoms with E-state index in [0.29, 0.717) is 36.2 Å². The Hall–Kier alpha value is -2.87. The van der Waals surface area contributed by atoms with Crippen LogP contribution in [0.4, 0.5) is 0 Å². The molecule has 4 aromatic heterocycles. The Morgan fingerprint density at radius 3 is 3.07 bits per heavy atom. The third-order valence-electron chi connectivity index (χ3n) is 5.85. The summed E-state index contributed by atoms with van der Waals surface area (Å²) < 4.78 is 7.26. The fourth-order valence-corrected chi connectivity index (χ4v) is 4.34. The van der Waals surface area contributed by atoms with Crippen molar-refractivity contribution in [2.75, 3.05) is 13.1 Å². The van der Waals surface area contributed by atoms with Crippen molar-refractivity contribution in [1.82, 2.24) is 29.4 Å². The van der Waals surface area contributed by atoms with Gasteiger partial charge in [0, 0.05) is 44.1 Å². The highest BCUT2D eigenvalue weighted by Gasteiger charge is 2.32. The van der Waals surface area contributed by atoms with Gasteiger partial charge in [-0.15, -0.1) is 0 Å². The smallest absolute Gasteiger partial charge is 0.223 e. The van der Waals surface area contributed by atoms with Crippen molar-refractivity contribution in [2.45, 2.75) is 32.1 Å². The second kappa shape index (κ2) is 7.18. The number of imidazole rings is 1. The second-order valence-electron chi connectivity index (χ2n) is 7.67.